The second kappa shape index (κ2) is 7.90. The first-order valence-electron chi connectivity index (χ1n) is 6.54. The Morgan fingerprint density at radius 3 is 2.80 bits per heavy atom. The Morgan fingerprint density at radius 2 is 2.16 bits per heavy atom. The van der Waals surface area contributed by atoms with Crippen LogP contribution in [0.15, 0.2) is 27.5 Å². The van der Waals surface area contributed by atoms with Gasteiger partial charge in [0.25, 0.3) is 10.0 Å². The van der Waals surface area contributed by atoms with Crippen molar-refractivity contribution >= 4 is 50.6 Å². The maximum atomic E-state index is 12.1. The number of halogens is 1. The zero-order chi connectivity index (χ0) is 18.7. The molecule has 0 fully saturated rings. The lowest BCUT2D eigenvalue weighted by Gasteiger charge is -2.06. The number of ether oxygens (including phenoxy) is 1. The first-order chi connectivity index (χ1) is 11.6. The Bertz CT molecular complexity index is 982. The minimum Gasteiger partial charge on any atom is -0.492 e. The molecule has 10 nitrogen and oxygen atoms in total. The van der Waals surface area contributed by atoms with Crippen molar-refractivity contribution < 1.29 is 27.5 Å². The van der Waals surface area contributed by atoms with E-state index in [0.717, 1.165) is 11.3 Å². The van der Waals surface area contributed by atoms with E-state index in [4.69, 9.17) is 31.7 Å². The fraction of sp³-hybridized carbons (Fsp3) is 0.273. The van der Waals surface area contributed by atoms with Crippen LogP contribution in [-0.4, -0.2) is 37.6 Å². The summed E-state index contributed by atoms with van der Waals surface area (Å²) in [7, 11) is -8.61. The number of sulfonamides is 1. The van der Waals surface area contributed by atoms with Crippen molar-refractivity contribution in [3.8, 4) is 5.75 Å². The number of azide groups is 1. The highest BCUT2D eigenvalue weighted by Gasteiger charge is 2.23. The van der Waals surface area contributed by atoms with Crippen molar-refractivity contribution in [2.45, 2.75) is 4.21 Å². The third kappa shape index (κ3) is 5.30. The van der Waals surface area contributed by atoms with Gasteiger partial charge in [-0.25, -0.2) is 8.42 Å². The maximum Gasteiger partial charge on any atom is 0.340 e. The third-order valence-electron chi connectivity index (χ3n) is 2.81. The molecule has 0 spiro atoms. The quantitative estimate of drug-likeness (QED) is 0.193. The molecule has 0 amide bonds. The molecule has 1 aromatic carbocycles. The highest BCUT2D eigenvalue weighted by molar-refractivity contribution is 7.92. The van der Waals surface area contributed by atoms with Gasteiger partial charge in [0.05, 0.1) is 18.2 Å². The summed E-state index contributed by atoms with van der Waals surface area (Å²) in [5.41, 5.74) is 8.20. The van der Waals surface area contributed by atoms with Gasteiger partial charge in [0.2, 0.25) is 0 Å². The van der Waals surface area contributed by atoms with Gasteiger partial charge in [-0.15, -0.1) is 11.3 Å². The molecule has 1 heterocycles. The lowest BCUT2D eigenvalue weighted by molar-refractivity contribution is 0.329. The van der Waals surface area contributed by atoms with Crippen molar-refractivity contribution in [3.05, 3.63) is 33.7 Å². The molecule has 0 bridgehead atoms. The summed E-state index contributed by atoms with van der Waals surface area (Å²) in [6.45, 7) is 0.217. The molecule has 1 aromatic heterocycles. The highest BCUT2D eigenvalue weighted by Crippen LogP contribution is 2.39. The Hall–Kier alpha value is -1.36. The van der Waals surface area contributed by atoms with Crippen molar-refractivity contribution in [2.24, 2.45) is 5.11 Å². The lowest BCUT2D eigenvalue weighted by atomic mass is 10.2. The fourth-order valence-electron chi connectivity index (χ4n) is 1.76. The van der Waals surface area contributed by atoms with E-state index in [0.29, 0.717) is 15.8 Å². The Morgan fingerprint density at radius 1 is 1.44 bits per heavy atom. The predicted octanol–water partition coefficient (Wildman–Crippen LogP) is 2.66. The van der Waals surface area contributed by atoms with Crippen LogP contribution in [0.2, 0.25) is 5.02 Å². The minimum atomic E-state index is -4.52. The van der Waals surface area contributed by atoms with Gasteiger partial charge in [-0.05, 0) is 23.7 Å². The number of nitrogens with zero attached hydrogens (tertiary/aromatic N) is 3. The van der Waals surface area contributed by atoms with Gasteiger partial charge in [-0.1, -0.05) is 16.7 Å². The van der Waals surface area contributed by atoms with E-state index in [1.807, 2.05) is 4.72 Å². The van der Waals surface area contributed by atoms with E-state index in [1.165, 1.54) is 6.07 Å². The summed E-state index contributed by atoms with van der Waals surface area (Å²) >= 11 is 7.11. The number of fused-ring (bicyclic) bond motifs is 1. The first kappa shape index (κ1) is 20.0. The molecule has 0 saturated carbocycles. The van der Waals surface area contributed by atoms with Crippen molar-refractivity contribution in [1.29, 1.82) is 0 Å². The highest BCUT2D eigenvalue weighted by atomic mass is 35.5. The largest absolute Gasteiger partial charge is 0.492 e. The number of rotatable bonds is 8. The van der Waals surface area contributed by atoms with Crippen molar-refractivity contribution in [2.75, 3.05) is 19.4 Å². The number of hydrogen-bond acceptors (Lipinski definition) is 6. The van der Waals surface area contributed by atoms with Gasteiger partial charge in [-0.3, -0.25) is 4.57 Å². The van der Waals surface area contributed by atoms with Crippen LogP contribution >= 0.6 is 30.5 Å². The van der Waals surface area contributed by atoms with Gasteiger partial charge in [0.15, 0.2) is 0 Å². The molecule has 0 radical (unpaired) electrons. The standard InChI is InChI=1S/C11H12ClN4O6PS2/c12-11-7-5-10(25(20,21)15-6-23(17,18)19)24-9(7)2-1-8(11)22-4-3-14-16-13/h1-2,5,15H,3-4,6H2,(H2,17,18,19). The summed E-state index contributed by atoms with van der Waals surface area (Å²) in [6, 6.07) is 4.46. The average Bonchev–Trinajstić information content (AvgIpc) is 2.97. The monoisotopic (exact) mass is 426 g/mol. The summed E-state index contributed by atoms with van der Waals surface area (Å²) in [5.74, 6) is 0.298. The molecule has 14 heteroatoms. The smallest absolute Gasteiger partial charge is 0.340 e. The van der Waals surface area contributed by atoms with Crippen LogP contribution in [0.4, 0.5) is 0 Å². The topological polar surface area (TPSA) is 162 Å². The number of hydrogen-bond donors (Lipinski definition) is 3. The molecule has 0 atom stereocenters. The number of thiophene rings is 1. The first-order valence-corrected chi connectivity index (χ1v) is 11.0. The van der Waals surface area contributed by atoms with Gasteiger partial charge in [0.1, 0.15) is 16.2 Å². The van der Waals surface area contributed by atoms with Crippen LogP contribution in [-0.2, 0) is 14.6 Å². The van der Waals surface area contributed by atoms with E-state index in [9.17, 15) is 13.0 Å². The van der Waals surface area contributed by atoms with E-state index < -0.39 is 23.9 Å². The van der Waals surface area contributed by atoms with E-state index in [-0.39, 0.29) is 22.4 Å². The van der Waals surface area contributed by atoms with Gasteiger partial charge < -0.3 is 14.5 Å². The van der Waals surface area contributed by atoms with Crippen LogP contribution < -0.4 is 9.46 Å². The van der Waals surface area contributed by atoms with Crippen LogP contribution in [0.5, 0.6) is 5.75 Å². The SMILES string of the molecule is [N-]=[N+]=NCCOc1ccc2sc(S(=O)(=O)NCP(=O)(O)O)cc2c1Cl. The molecule has 2 aromatic rings. The molecule has 2 rings (SSSR count). The Kier molecular flexibility index (Phi) is 6.30. The zero-order valence-electron chi connectivity index (χ0n) is 12.4. The van der Waals surface area contributed by atoms with Crippen molar-refractivity contribution in [3.63, 3.8) is 0 Å². The maximum absolute atomic E-state index is 12.1. The molecular weight excluding hydrogens is 415 g/mol. The number of nitrogens with one attached hydrogen (secondary N) is 1. The van der Waals surface area contributed by atoms with E-state index in [1.54, 1.807) is 12.1 Å². The fourth-order valence-corrected chi connectivity index (χ4v) is 5.54. The third-order valence-corrected chi connectivity index (χ3v) is 6.96. The second-order valence-electron chi connectivity index (χ2n) is 4.63. The molecule has 25 heavy (non-hydrogen) atoms. The van der Waals surface area contributed by atoms with E-state index >= 15 is 0 Å². The van der Waals surface area contributed by atoms with Crippen LogP contribution in [0.25, 0.3) is 20.5 Å². The Labute approximate surface area is 151 Å². The molecule has 0 unspecified atom stereocenters. The summed E-state index contributed by atoms with van der Waals surface area (Å²) in [4.78, 5) is 20.2. The van der Waals surface area contributed by atoms with E-state index in [2.05, 4.69) is 10.0 Å². The second-order valence-corrected chi connectivity index (χ2v) is 9.73. The van der Waals surface area contributed by atoms with Crippen molar-refractivity contribution in [1.82, 2.24) is 4.72 Å². The zero-order valence-corrected chi connectivity index (χ0v) is 15.6. The van der Waals surface area contributed by atoms with Crippen LogP contribution in [0.3, 0.4) is 0 Å². The van der Waals surface area contributed by atoms with Gasteiger partial charge in [0, 0.05) is 15.0 Å². The Balaban J connectivity index is 2.28. The van der Waals surface area contributed by atoms with Crippen LogP contribution in [0.1, 0.15) is 0 Å². The van der Waals surface area contributed by atoms with Crippen LogP contribution in [0, 0.1) is 0 Å². The molecule has 0 saturated heterocycles. The molecule has 3 N–H and O–H groups in total. The summed E-state index contributed by atoms with van der Waals surface area (Å²) < 4.78 is 42.7. The molecule has 136 valence electrons. The number of benzene rings is 1. The normalized spacial score (nSPS) is 12.1. The average molecular weight is 427 g/mol. The molecule has 0 aliphatic carbocycles. The summed E-state index contributed by atoms with van der Waals surface area (Å²) in [6.07, 6.45) is -0.995. The lowest BCUT2D eigenvalue weighted by Crippen LogP contribution is -2.23. The van der Waals surface area contributed by atoms with Gasteiger partial charge in [-0.2, -0.15) is 4.72 Å². The molecular formula is C11H12ClN4O6PS2. The minimum absolute atomic E-state index is 0.106. The molecule has 0 aliphatic heterocycles. The molecule has 0 aliphatic rings. The predicted molar refractivity (Wildman–Crippen MR) is 93.6 cm³/mol. The van der Waals surface area contributed by atoms with Gasteiger partial charge >= 0.3 is 7.60 Å². The summed E-state index contributed by atoms with van der Waals surface area (Å²) in [5, 5.41) is 3.93.